The van der Waals surface area contributed by atoms with E-state index >= 15 is 0 Å². The predicted molar refractivity (Wildman–Crippen MR) is 94.1 cm³/mol. The lowest BCUT2D eigenvalue weighted by Crippen LogP contribution is -2.51. The number of fused-ring (bicyclic) bond motifs is 1. The molecular formula is C18H27N3O4. The highest BCUT2D eigenvalue weighted by atomic mass is 16.5. The van der Waals surface area contributed by atoms with E-state index in [9.17, 15) is 4.79 Å². The van der Waals surface area contributed by atoms with E-state index < -0.39 is 0 Å². The highest BCUT2D eigenvalue weighted by molar-refractivity contribution is 5.74. The predicted octanol–water partition coefficient (Wildman–Crippen LogP) is 1.37. The van der Waals surface area contributed by atoms with Crippen LogP contribution in [0.15, 0.2) is 18.2 Å². The zero-order chi connectivity index (χ0) is 17.6. The molecule has 2 fully saturated rings. The smallest absolute Gasteiger partial charge is 0.315 e. The van der Waals surface area contributed by atoms with Crippen molar-refractivity contribution in [3.05, 3.63) is 23.8 Å². The molecule has 0 spiro atoms. The van der Waals surface area contributed by atoms with Gasteiger partial charge >= 0.3 is 6.03 Å². The standard InChI is InChI=1S/C18H27N3O4/c1-23-16-7-3-5-13(17(16)24-2)9-19-18(22)20-10-15-11-21-8-4-6-14(21)12-25-15/h3,5,7,14-15H,4,6,8-12H2,1-2H3,(H2,19,20,22)/t14-,15+/m0/s1. The Labute approximate surface area is 148 Å². The molecule has 0 bridgehead atoms. The number of carbonyl (C=O) groups excluding carboxylic acids is 1. The summed E-state index contributed by atoms with van der Waals surface area (Å²) in [6, 6.07) is 5.97. The maximum absolute atomic E-state index is 12.1. The summed E-state index contributed by atoms with van der Waals surface area (Å²) < 4.78 is 16.5. The van der Waals surface area contributed by atoms with E-state index in [-0.39, 0.29) is 12.1 Å². The van der Waals surface area contributed by atoms with Gasteiger partial charge in [-0.3, -0.25) is 4.90 Å². The van der Waals surface area contributed by atoms with E-state index in [1.54, 1.807) is 14.2 Å². The van der Waals surface area contributed by atoms with Gasteiger partial charge in [0.2, 0.25) is 0 Å². The van der Waals surface area contributed by atoms with Gasteiger partial charge in [-0.05, 0) is 25.5 Å². The molecule has 2 saturated heterocycles. The van der Waals surface area contributed by atoms with Crippen LogP contribution in [0.5, 0.6) is 11.5 Å². The van der Waals surface area contributed by atoms with Crippen molar-refractivity contribution < 1.29 is 19.0 Å². The van der Waals surface area contributed by atoms with Crippen molar-refractivity contribution in [1.29, 1.82) is 0 Å². The first-order valence-corrected chi connectivity index (χ1v) is 8.78. The van der Waals surface area contributed by atoms with Crippen LogP contribution in [0.3, 0.4) is 0 Å². The molecule has 2 N–H and O–H groups in total. The second-order valence-electron chi connectivity index (χ2n) is 6.46. The van der Waals surface area contributed by atoms with Gasteiger partial charge in [0.05, 0.1) is 26.9 Å². The molecule has 0 aromatic heterocycles. The monoisotopic (exact) mass is 349 g/mol. The lowest BCUT2D eigenvalue weighted by molar-refractivity contribution is -0.0457. The normalized spacial score (nSPS) is 23.0. The molecule has 138 valence electrons. The maximum Gasteiger partial charge on any atom is 0.315 e. The Bertz CT molecular complexity index is 596. The minimum Gasteiger partial charge on any atom is -0.493 e. The Morgan fingerprint density at radius 2 is 2.20 bits per heavy atom. The lowest BCUT2D eigenvalue weighted by atomic mass is 10.2. The van der Waals surface area contributed by atoms with E-state index in [2.05, 4.69) is 15.5 Å². The zero-order valence-electron chi connectivity index (χ0n) is 14.9. The lowest BCUT2D eigenvalue weighted by Gasteiger charge is -2.35. The van der Waals surface area contributed by atoms with Crippen molar-refractivity contribution >= 4 is 6.03 Å². The van der Waals surface area contributed by atoms with Crippen LogP contribution in [-0.4, -0.2) is 63.5 Å². The SMILES string of the molecule is COc1cccc(CNC(=O)NC[C@@H]2CN3CCC[C@H]3CO2)c1OC. The van der Waals surface area contributed by atoms with Crippen molar-refractivity contribution in [2.75, 3.05) is 40.5 Å². The molecule has 2 atom stereocenters. The average Bonchev–Trinajstić information content (AvgIpc) is 3.11. The van der Waals surface area contributed by atoms with Gasteiger partial charge < -0.3 is 24.8 Å². The quantitative estimate of drug-likeness (QED) is 0.812. The second kappa shape index (κ2) is 8.40. The highest BCUT2D eigenvalue weighted by Gasteiger charge is 2.32. The minimum absolute atomic E-state index is 0.0615. The number of nitrogens with one attached hydrogen (secondary N) is 2. The molecule has 2 aliphatic rings. The molecule has 25 heavy (non-hydrogen) atoms. The summed E-state index contributed by atoms with van der Waals surface area (Å²) >= 11 is 0. The van der Waals surface area contributed by atoms with Gasteiger partial charge in [-0.15, -0.1) is 0 Å². The van der Waals surface area contributed by atoms with Crippen LogP contribution < -0.4 is 20.1 Å². The van der Waals surface area contributed by atoms with Crippen molar-refractivity contribution in [3.8, 4) is 11.5 Å². The van der Waals surface area contributed by atoms with Gasteiger partial charge in [0.25, 0.3) is 0 Å². The van der Waals surface area contributed by atoms with Crippen LogP contribution in [0, 0.1) is 0 Å². The van der Waals surface area contributed by atoms with Crippen LogP contribution in [0.1, 0.15) is 18.4 Å². The Morgan fingerprint density at radius 1 is 1.32 bits per heavy atom. The fraction of sp³-hybridized carbons (Fsp3) is 0.611. The fourth-order valence-electron chi connectivity index (χ4n) is 3.55. The summed E-state index contributed by atoms with van der Waals surface area (Å²) in [6.45, 7) is 3.70. The van der Waals surface area contributed by atoms with Gasteiger partial charge in [0, 0.05) is 31.2 Å². The third-order valence-electron chi connectivity index (χ3n) is 4.88. The van der Waals surface area contributed by atoms with Crippen molar-refractivity contribution in [3.63, 3.8) is 0 Å². The number of ether oxygens (including phenoxy) is 3. The van der Waals surface area contributed by atoms with Gasteiger partial charge in [-0.25, -0.2) is 4.79 Å². The van der Waals surface area contributed by atoms with Gasteiger partial charge in [0.1, 0.15) is 0 Å². The van der Waals surface area contributed by atoms with Crippen molar-refractivity contribution in [2.45, 2.75) is 31.5 Å². The topological polar surface area (TPSA) is 72.1 Å². The van der Waals surface area contributed by atoms with E-state index in [1.807, 2.05) is 18.2 Å². The van der Waals surface area contributed by atoms with Gasteiger partial charge in [-0.1, -0.05) is 12.1 Å². The molecular weight excluding hydrogens is 322 g/mol. The molecule has 2 aliphatic heterocycles. The molecule has 0 unspecified atom stereocenters. The van der Waals surface area contributed by atoms with E-state index in [1.165, 1.54) is 12.8 Å². The van der Waals surface area contributed by atoms with Gasteiger partial charge in [-0.2, -0.15) is 0 Å². The zero-order valence-corrected chi connectivity index (χ0v) is 14.9. The molecule has 0 saturated carbocycles. The summed E-state index contributed by atoms with van der Waals surface area (Å²) in [5, 5.41) is 5.75. The summed E-state index contributed by atoms with van der Waals surface area (Å²) in [5.74, 6) is 1.29. The number of methoxy groups -OCH3 is 2. The number of hydrogen-bond donors (Lipinski definition) is 2. The Morgan fingerprint density at radius 3 is 3.00 bits per heavy atom. The number of hydrogen-bond acceptors (Lipinski definition) is 5. The van der Waals surface area contributed by atoms with E-state index in [0.717, 1.165) is 25.3 Å². The maximum atomic E-state index is 12.1. The average molecular weight is 349 g/mol. The van der Waals surface area contributed by atoms with Crippen LogP contribution >= 0.6 is 0 Å². The fourth-order valence-corrected chi connectivity index (χ4v) is 3.55. The first-order chi connectivity index (χ1) is 12.2. The molecule has 1 aromatic carbocycles. The largest absolute Gasteiger partial charge is 0.493 e. The molecule has 0 radical (unpaired) electrons. The van der Waals surface area contributed by atoms with Crippen LogP contribution in [0.4, 0.5) is 4.79 Å². The Balaban J connectivity index is 1.44. The first kappa shape index (κ1) is 17.8. The summed E-state index contributed by atoms with van der Waals surface area (Å²) in [6.07, 6.45) is 2.53. The molecule has 3 rings (SSSR count). The molecule has 7 heteroatoms. The highest BCUT2D eigenvalue weighted by Crippen LogP contribution is 2.30. The minimum atomic E-state index is -0.211. The number of rotatable bonds is 6. The summed E-state index contributed by atoms with van der Waals surface area (Å²) in [7, 11) is 3.18. The Kier molecular flexibility index (Phi) is 5.99. The van der Waals surface area contributed by atoms with Crippen LogP contribution in [0.2, 0.25) is 0 Å². The number of amides is 2. The molecule has 0 aliphatic carbocycles. The molecule has 7 nitrogen and oxygen atoms in total. The van der Waals surface area contributed by atoms with Gasteiger partial charge in [0.15, 0.2) is 11.5 Å². The second-order valence-corrected chi connectivity index (χ2v) is 6.46. The van der Waals surface area contributed by atoms with E-state index in [0.29, 0.717) is 30.6 Å². The number of morpholine rings is 1. The number of benzene rings is 1. The number of carbonyl (C=O) groups is 1. The summed E-state index contributed by atoms with van der Waals surface area (Å²) in [4.78, 5) is 14.5. The van der Waals surface area contributed by atoms with Crippen LogP contribution in [-0.2, 0) is 11.3 Å². The third-order valence-corrected chi connectivity index (χ3v) is 4.88. The first-order valence-electron chi connectivity index (χ1n) is 8.78. The van der Waals surface area contributed by atoms with Crippen molar-refractivity contribution in [2.24, 2.45) is 0 Å². The third kappa shape index (κ3) is 4.35. The van der Waals surface area contributed by atoms with Crippen LogP contribution in [0.25, 0.3) is 0 Å². The number of nitrogens with zero attached hydrogens (tertiary/aromatic N) is 1. The van der Waals surface area contributed by atoms with Crippen molar-refractivity contribution in [1.82, 2.24) is 15.5 Å². The molecule has 2 heterocycles. The molecule has 1 aromatic rings. The number of para-hydroxylation sites is 1. The van der Waals surface area contributed by atoms with E-state index in [4.69, 9.17) is 14.2 Å². The molecule has 2 amide bonds. The number of urea groups is 1. The summed E-state index contributed by atoms with van der Waals surface area (Å²) in [5.41, 5.74) is 0.867. The Hall–Kier alpha value is -1.99.